The lowest BCUT2D eigenvalue weighted by Gasteiger charge is -2.31. The van der Waals surface area contributed by atoms with E-state index < -0.39 is 15.8 Å². The number of halogens is 1. The summed E-state index contributed by atoms with van der Waals surface area (Å²) in [6.07, 6.45) is 1.66. The zero-order chi connectivity index (χ0) is 19.8. The summed E-state index contributed by atoms with van der Waals surface area (Å²) in [7, 11) is 2.20. The van der Waals surface area contributed by atoms with Crippen molar-refractivity contribution in [2.24, 2.45) is 7.05 Å². The van der Waals surface area contributed by atoms with Crippen molar-refractivity contribution in [3.63, 3.8) is 0 Å². The second-order valence-electron chi connectivity index (χ2n) is 7.54. The van der Waals surface area contributed by atoms with E-state index in [0.29, 0.717) is 18.7 Å². The first-order valence-corrected chi connectivity index (χ1v) is 10.6. The molecule has 2 heterocycles. The summed E-state index contributed by atoms with van der Waals surface area (Å²) >= 11 is 0. The fraction of sp³-hybridized carbons (Fsp3) is 0.526. The second kappa shape index (κ2) is 7.69. The molecule has 0 bridgehead atoms. The van der Waals surface area contributed by atoms with E-state index in [1.165, 1.54) is 16.4 Å². The van der Waals surface area contributed by atoms with E-state index in [1.807, 2.05) is 25.8 Å². The van der Waals surface area contributed by atoms with Crippen LogP contribution in [0.2, 0.25) is 0 Å². The minimum Gasteiger partial charge on any atom is -0.304 e. The molecule has 1 aliphatic heterocycles. The van der Waals surface area contributed by atoms with Crippen molar-refractivity contribution >= 4 is 10.0 Å². The van der Waals surface area contributed by atoms with E-state index >= 15 is 0 Å². The van der Waals surface area contributed by atoms with Crippen LogP contribution < -0.4 is 0 Å². The van der Waals surface area contributed by atoms with Gasteiger partial charge in [0, 0.05) is 32.6 Å². The Hall–Kier alpha value is -1.77. The number of benzene rings is 1. The number of rotatable bonds is 5. The Balaban J connectivity index is 1.82. The van der Waals surface area contributed by atoms with Gasteiger partial charge in [-0.25, -0.2) is 12.8 Å². The maximum atomic E-state index is 13.9. The number of sulfonamides is 1. The summed E-state index contributed by atoms with van der Waals surface area (Å²) in [6.45, 7) is 3.22. The molecule has 1 atom stereocenters. The van der Waals surface area contributed by atoms with Crippen molar-refractivity contribution in [3.8, 4) is 0 Å². The molecule has 8 heteroatoms. The number of nitrogens with zero attached hydrogens (tertiary/aromatic N) is 4. The third kappa shape index (κ3) is 4.23. The van der Waals surface area contributed by atoms with E-state index in [9.17, 15) is 12.8 Å². The summed E-state index contributed by atoms with van der Waals surface area (Å²) in [4.78, 5) is 2.09. The molecule has 1 aliphatic rings. The van der Waals surface area contributed by atoms with Gasteiger partial charge in [0.1, 0.15) is 5.82 Å². The minimum atomic E-state index is -3.71. The third-order valence-electron chi connectivity index (χ3n) is 5.06. The van der Waals surface area contributed by atoms with Gasteiger partial charge in [-0.15, -0.1) is 0 Å². The molecule has 2 aromatic rings. The first-order chi connectivity index (χ1) is 12.7. The van der Waals surface area contributed by atoms with E-state index in [0.717, 1.165) is 36.8 Å². The fourth-order valence-electron chi connectivity index (χ4n) is 3.49. The quantitative estimate of drug-likeness (QED) is 0.782. The van der Waals surface area contributed by atoms with Gasteiger partial charge in [-0.3, -0.25) is 4.68 Å². The lowest BCUT2D eigenvalue weighted by Crippen LogP contribution is -2.39. The lowest BCUT2D eigenvalue weighted by molar-refractivity contribution is 0.311. The largest absolute Gasteiger partial charge is 0.304 e. The molecule has 1 aromatic heterocycles. The molecule has 1 saturated heterocycles. The molecular weight excluding hydrogens is 367 g/mol. The van der Waals surface area contributed by atoms with Gasteiger partial charge in [0.05, 0.1) is 16.3 Å². The topological polar surface area (TPSA) is 58.4 Å². The Morgan fingerprint density at radius 3 is 2.70 bits per heavy atom. The van der Waals surface area contributed by atoms with Crippen molar-refractivity contribution in [1.82, 2.24) is 19.0 Å². The Kier molecular flexibility index (Phi) is 5.69. The molecule has 148 valence electrons. The Morgan fingerprint density at radius 1 is 1.30 bits per heavy atom. The molecule has 0 saturated carbocycles. The van der Waals surface area contributed by atoms with Crippen molar-refractivity contribution in [2.45, 2.75) is 37.1 Å². The van der Waals surface area contributed by atoms with Crippen LogP contribution in [0.4, 0.5) is 4.39 Å². The van der Waals surface area contributed by atoms with E-state index in [2.05, 4.69) is 16.1 Å². The SMILES string of the molecule is Cc1ccc(S(=O)(=O)N2CCC[C@@H](c3cc(CN(C)C)n(C)n3)C2)cc1F. The highest BCUT2D eigenvalue weighted by Crippen LogP contribution is 2.30. The molecular formula is C19H27FN4O2S. The van der Waals surface area contributed by atoms with Crippen LogP contribution >= 0.6 is 0 Å². The average molecular weight is 395 g/mol. The van der Waals surface area contributed by atoms with Gasteiger partial charge in [0.2, 0.25) is 10.0 Å². The van der Waals surface area contributed by atoms with Gasteiger partial charge < -0.3 is 4.90 Å². The first kappa shape index (κ1) is 20.0. The van der Waals surface area contributed by atoms with Gasteiger partial charge in [0.15, 0.2) is 0 Å². The van der Waals surface area contributed by atoms with Crippen LogP contribution in [0.15, 0.2) is 29.2 Å². The van der Waals surface area contributed by atoms with Crippen molar-refractivity contribution in [1.29, 1.82) is 0 Å². The van der Waals surface area contributed by atoms with Gasteiger partial charge >= 0.3 is 0 Å². The molecule has 27 heavy (non-hydrogen) atoms. The van der Waals surface area contributed by atoms with E-state index in [1.54, 1.807) is 6.92 Å². The standard InChI is InChI=1S/C19H27FN4O2S/c1-14-7-8-17(11-18(14)20)27(25,26)24-9-5-6-15(12-24)19-10-16(13-22(2)3)23(4)21-19/h7-8,10-11,15H,5-6,9,12-13H2,1-4H3/t15-/m1/s1. The van der Waals surface area contributed by atoms with E-state index in [-0.39, 0.29) is 10.8 Å². The van der Waals surface area contributed by atoms with Crippen molar-refractivity contribution < 1.29 is 12.8 Å². The molecule has 0 unspecified atom stereocenters. The normalized spacial score (nSPS) is 19.0. The second-order valence-corrected chi connectivity index (χ2v) is 9.47. The summed E-state index contributed by atoms with van der Waals surface area (Å²) in [5.74, 6) is -0.450. The molecule has 0 radical (unpaired) electrons. The molecule has 0 N–H and O–H groups in total. The highest BCUT2D eigenvalue weighted by Gasteiger charge is 2.32. The van der Waals surface area contributed by atoms with Crippen LogP contribution in [0.3, 0.4) is 0 Å². The molecule has 1 fully saturated rings. The van der Waals surface area contributed by atoms with Crippen LogP contribution in [0, 0.1) is 12.7 Å². The summed E-state index contributed by atoms with van der Waals surface area (Å²) in [5.41, 5.74) is 2.45. The van der Waals surface area contributed by atoms with Gasteiger partial charge in [0.25, 0.3) is 0 Å². The summed E-state index contributed by atoms with van der Waals surface area (Å²) in [5, 5.41) is 4.61. The van der Waals surface area contributed by atoms with E-state index in [4.69, 9.17) is 0 Å². The smallest absolute Gasteiger partial charge is 0.243 e. The van der Waals surface area contributed by atoms with Gasteiger partial charge in [-0.1, -0.05) is 6.07 Å². The maximum Gasteiger partial charge on any atom is 0.243 e. The van der Waals surface area contributed by atoms with Crippen molar-refractivity contribution in [3.05, 3.63) is 47.0 Å². The van der Waals surface area contributed by atoms with Gasteiger partial charge in [-0.2, -0.15) is 9.40 Å². The molecule has 6 nitrogen and oxygen atoms in total. The monoisotopic (exact) mass is 394 g/mol. The molecule has 3 rings (SSSR count). The van der Waals surface area contributed by atoms with Crippen LogP contribution in [0.5, 0.6) is 0 Å². The van der Waals surface area contributed by atoms with Crippen LogP contribution in [0.1, 0.15) is 35.7 Å². The Morgan fingerprint density at radius 2 is 2.04 bits per heavy atom. The summed E-state index contributed by atoms with van der Waals surface area (Å²) in [6, 6.07) is 6.17. The average Bonchev–Trinajstić information content (AvgIpc) is 2.97. The third-order valence-corrected chi connectivity index (χ3v) is 6.92. The van der Waals surface area contributed by atoms with Crippen LogP contribution in [0.25, 0.3) is 0 Å². The predicted octanol–water partition coefficient (Wildman–Crippen LogP) is 2.50. The highest BCUT2D eigenvalue weighted by molar-refractivity contribution is 7.89. The van der Waals surface area contributed by atoms with Crippen LogP contribution in [-0.4, -0.2) is 54.6 Å². The number of aryl methyl sites for hydroxylation is 2. The number of hydrogen-bond donors (Lipinski definition) is 0. The summed E-state index contributed by atoms with van der Waals surface area (Å²) < 4.78 is 43.1. The molecule has 0 aliphatic carbocycles. The molecule has 0 spiro atoms. The number of aromatic nitrogens is 2. The Labute approximate surface area is 160 Å². The number of piperidine rings is 1. The van der Waals surface area contributed by atoms with Crippen molar-refractivity contribution in [2.75, 3.05) is 27.2 Å². The maximum absolute atomic E-state index is 13.9. The predicted molar refractivity (Wildman–Crippen MR) is 102 cm³/mol. The fourth-order valence-corrected chi connectivity index (χ4v) is 5.02. The Bertz CT molecular complexity index is 924. The zero-order valence-corrected chi connectivity index (χ0v) is 17.1. The first-order valence-electron chi connectivity index (χ1n) is 9.12. The highest BCUT2D eigenvalue weighted by atomic mass is 32.2. The zero-order valence-electron chi connectivity index (χ0n) is 16.3. The number of hydrogen-bond acceptors (Lipinski definition) is 4. The minimum absolute atomic E-state index is 0.0144. The lowest BCUT2D eigenvalue weighted by atomic mass is 9.96. The van der Waals surface area contributed by atoms with Crippen LogP contribution in [-0.2, 0) is 23.6 Å². The van der Waals surface area contributed by atoms with Gasteiger partial charge in [-0.05, 0) is 57.6 Å². The molecule has 0 amide bonds. The molecule has 1 aromatic carbocycles.